The van der Waals surface area contributed by atoms with Crippen molar-refractivity contribution in [3.8, 4) is 5.88 Å². The molecule has 10 nitrogen and oxygen atoms in total. The molecule has 1 atom stereocenters. The van der Waals surface area contributed by atoms with Crippen molar-refractivity contribution in [3.05, 3.63) is 75.7 Å². The van der Waals surface area contributed by atoms with Crippen LogP contribution in [-0.4, -0.2) is 63.3 Å². The molecule has 7 rings (SSSR count). The van der Waals surface area contributed by atoms with E-state index in [4.69, 9.17) is 35.2 Å². The molecule has 0 bridgehead atoms. The minimum atomic E-state index is -0.635. The van der Waals surface area contributed by atoms with Gasteiger partial charge in [-0.2, -0.15) is 9.37 Å². The molecule has 2 aliphatic heterocycles. The molecule has 0 aliphatic carbocycles. The van der Waals surface area contributed by atoms with Crippen molar-refractivity contribution in [2.75, 3.05) is 26.8 Å². The molecule has 1 saturated heterocycles. The minimum Gasteiger partial charge on any atom is -0.470 e. The number of methoxy groups -OCH3 is 1. The summed E-state index contributed by atoms with van der Waals surface area (Å²) in [5, 5.41) is 1.35. The number of nitrogens with zero attached hydrogens (tertiary/aromatic N) is 5. The summed E-state index contributed by atoms with van der Waals surface area (Å²) < 4.78 is 38.7. The third-order valence-electron chi connectivity index (χ3n) is 7.76. The van der Waals surface area contributed by atoms with Gasteiger partial charge in [-0.3, -0.25) is 4.90 Å². The van der Waals surface area contributed by atoms with Gasteiger partial charge in [0.25, 0.3) is 5.88 Å². The van der Waals surface area contributed by atoms with Crippen LogP contribution in [0.25, 0.3) is 26.9 Å². The minimum absolute atomic E-state index is 0.0680. The number of ether oxygens (including phenoxy) is 3. The fourth-order valence-electron chi connectivity index (χ4n) is 5.33. The number of furan rings is 1. The smallest absolute Gasteiger partial charge is 0.348 e. The van der Waals surface area contributed by atoms with Crippen molar-refractivity contribution >= 4 is 55.8 Å². The molecular formula is C30H27ClFN5O5S. The Morgan fingerprint density at radius 2 is 2.16 bits per heavy atom. The van der Waals surface area contributed by atoms with Gasteiger partial charge >= 0.3 is 5.97 Å². The first-order valence-electron chi connectivity index (χ1n) is 13.9. The van der Waals surface area contributed by atoms with E-state index < -0.39 is 5.82 Å². The third kappa shape index (κ3) is 5.51. The van der Waals surface area contributed by atoms with Crippen molar-refractivity contribution < 1.29 is 27.8 Å². The van der Waals surface area contributed by atoms with Crippen LogP contribution >= 0.6 is 22.9 Å². The lowest BCUT2D eigenvalue weighted by atomic mass is 10.1. The van der Waals surface area contributed by atoms with Gasteiger partial charge in [-0.05, 0) is 36.6 Å². The maximum atomic E-state index is 14.6. The maximum Gasteiger partial charge on any atom is 0.348 e. The first-order chi connectivity index (χ1) is 21.0. The number of hydrogen-bond donors (Lipinski definition) is 0. The summed E-state index contributed by atoms with van der Waals surface area (Å²) in [7, 11) is 1.38. The van der Waals surface area contributed by atoms with Crippen LogP contribution in [0.15, 0.2) is 47.2 Å². The van der Waals surface area contributed by atoms with Gasteiger partial charge < -0.3 is 23.2 Å². The van der Waals surface area contributed by atoms with Crippen LogP contribution < -0.4 is 4.74 Å². The van der Waals surface area contributed by atoms with Crippen molar-refractivity contribution in [2.24, 2.45) is 0 Å². The fraction of sp³-hybridized carbons (Fsp3) is 0.333. The lowest BCUT2D eigenvalue weighted by molar-refractivity contribution is -0.0591. The van der Waals surface area contributed by atoms with Crippen LogP contribution in [0, 0.1) is 5.82 Å². The highest BCUT2D eigenvalue weighted by molar-refractivity contribution is 7.20. The largest absolute Gasteiger partial charge is 0.470 e. The van der Waals surface area contributed by atoms with Crippen LogP contribution in [0.2, 0.25) is 5.02 Å². The molecule has 0 spiro atoms. The second kappa shape index (κ2) is 11.7. The molecule has 5 aromatic rings. The molecule has 0 N–H and O–H groups in total. The normalized spacial score (nSPS) is 17.3. The monoisotopic (exact) mass is 623 g/mol. The maximum absolute atomic E-state index is 14.6. The Balaban J connectivity index is 1.05. The van der Waals surface area contributed by atoms with Crippen LogP contribution in [0.5, 0.6) is 5.88 Å². The van der Waals surface area contributed by atoms with Gasteiger partial charge in [-0.15, -0.1) is 11.3 Å². The number of aromatic nitrogens is 4. The van der Waals surface area contributed by atoms with E-state index in [0.717, 1.165) is 58.5 Å². The number of carbonyl (C=O) groups excluding carboxylic acids is 1. The van der Waals surface area contributed by atoms with Gasteiger partial charge in [0.15, 0.2) is 5.82 Å². The van der Waals surface area contributed by atoms with Crippen LogP contribution in [0.3, 0.4) is 0 Å². The van der Waals surface area contributed by atoms with Crippen LogP contribution in [0.4, 0.5) is 4.39 Å². The Labute approximate surface area is 254 Å². The molecule has 43 heavy (non-hydrogen) atoms. The first kappa shape index (κ1) is 28.0. The third-order valence-corrected chi connectivity index (χ3v) is 9.09. The van der Waals surface area contributed by atoms with E-state index in [1.165, 1.54) is 18.4 Å². The Bertz CT molecular complexity index is 1860. The summed E-state index contributed by atoms with van der Waals surface area (Å²) in [6.45, 7) is 3.55. The summed E-state index contributed by atoms with van der Waals surface area (Å²) in [6.07, 6.45) is 6.59. The van der Waals surface area contributed by atoms with Gasteiger partial charge in [-0.25, -0.2) is 14.8 Å². The molecule has 0 saturated carbocycles. The molecule has 6 heterocycles. The molecule has 222 valence electrons. The molecule has 1 aromatic carbocycles. The Kier molecular flexibility index (Phi) is 7.60. The van der Waals surface area contributed by atoms with E-state index in [1.807, 2.05) is 6.07 Å². The molecular weight excluding hydrogens is 597 g/mol. The Morgan fingerprint density at radius 3 is 2.93 bits per heavy atom. The van der Waals surface area contributed by atoms with E-state index in [9.17, 15) is 9.18 Å². The number of fused-ring (bicyclic) bond motifs is 2. The molecule has 0 radical (unpaired) electrons. The lowest BCUT2D eigenvalue weighted by Gasteiger charge is -2.29. The fourth-order valence-corrected chi connectivity index (χ4v) is 6.51. The molecule has 2 aliphatic rings. The number of carbonyl (C=O) groups is 1. The van der Waals surface area contributed by atoms with Crippen molar-refractivity contribution in [1.82, 2.24) is 24.4 Å². The predicted octanol–water partition coefficient (Wildman–Crippen LogP) is 5.87. The highest BCUT2D eigenvalue weighted by Gasteiger charge is 2.26. The Morgan fingerprint density at radius 1 is 1.28 bits per heavy atom. The van der Waals surface area contributed by atoms with Gasteiger partial charge in [0.2, 0.25) is 5.82 Å². The van der Waals surface area contributed by atoms with Gasteiger partial charge in [-0.1, -0.05) is 23.7 Å². The number of benzene rings is 1. The quantitative estimate of drug-likeness (QED) is 0.186. The highest BCUT2D eigenvalue weighted by atomic mass is 35.5. The average molecular weight is 624 g/mol. The number of hydrogen-bond acceptors (Lipinski definition) is 10. The number of thiophene rings is 1. The summed E-state index contributed by atoms with van der Waals surface area (Å²) in [6, 6.07) is 7.18. The molecule has 1 fully saturated rings. The molecule has 0 amide bonds. The van der Waals surface area contributed by atoms with E-state index in [-0.39, 0.29) is 24.6 Å². The van der Waals surface area contributed by atoms with Crippen LogP contribution in [-0.2, 0) is 29.2 Å². The van der Waals surface area contributed by atoms with Crippen molar-refractivity contribution in [1.29, 1.82) is 0 Å². The van der Waals surface area contributed by atoms with E-state index in [0.29, 0.717) is 47.4 Å². The van der Waals surface area contributed by atoms with Gasteiger partial charge in [0, 0.05) is 30.6 Å². The summed E-state index contributed by atoms with van der Waals surface area (Å²) in [5.74, 6) is 0.251. The number of rotatable bonds is 9. The highest BCUT2D eigenvalue weighted by Crippen LogP contribution is 2.31. The Hall–Kier alpha value is -3.84. The second-order valence-electron chi connectivity index (χ2n) is 10.4. The van der Waals surface area contributed by atoms with E-state index in [1.54, 1.807) is 24.5 Å². The SMILES string of the molecule is COC(=O)c1cc2c(nc(CN3CC=C(c4ncc(F)c(OCc5ccc(Cl)c6ccoc56)n4)CC3)n2C[C@@H]2CCO2)s1. The zero-order valence-electron chi connectivity index (χ0n) is 23.2. The average Bonchev–Trinajstić information content (AvgIpc) is 3.72. The molecule has 0 unspecified atom stereocenters. The molecule has 13 heteroatoms. The standard InChI is InChI=1S/C30H27ClFN5O5S/c1-39-30(38)24-12-23-29(43-24)34-25(37(23)14-19-6-10-40-19)15-36-8-4-17(5-9-36)27-33-13-22(32)28(35-27)42-16-18-2-3-21(31)20-7-11-41-26(18)20/h2-4,7,11-13,19H,5-6,8-10,14-16H2,1H3/t19-/m0/s1. The predicted molar refractivity (Wildman–Crippen MR) is 159 cm³/mol. The zero-order valence-corrected chi connectivity index (χ0v) is 24.8. The summed E-state index contributed by atoms with van der Waals surface area (Å²) in [5.41, 5.74) is 3.18. The summed E-state index contributed by atoms with van der Waals surface area (Å²) in [4.78, 5) is 29.2. The van der Waals surface area contributed by atoms with Gasteiger partial charge in [0.05, 0.1) is 49.3 Å². The number of halogens is 2. The molecule has 4 aromatic heterocycles. The van der Waals surface area contributed by atoms with E-state index >= 15 is 0 Å². The summed E-state index contributed by atoms with van der Waals surface area (Å²) >= 11 is 7.57. The second-order valence-corrected chi connectivity index (χ2v) is 11.9. The number of imidazole rings is 1. The topological polar surface area (TPSA) is 105 Å². The zero-order chi connectivity index (χ0) is 29.5. The van der Waals surface area contributed by atoms with Gasteiger partial charge in [0.1, 0.15) is 27.7 Å². The lowest BCUT2D eigenvalue weighted by Crippen LogP contribution is -2.33. The van der Waals surface area contributed by atoms with Crippen molar-refractivity contribution in [2.45, 2.75) is 38.6 Å². The first-order valence-corrected chi connectivity index (χ1v) is 15.1. The van der Waals surface area contributed by atoms with E-state index in [2.05, 4.69) is 25.5 Å². The number of esters is 1. The van der Waals surface area contributed by atoms with Crippen LogP contribution in [0.1, 0.15) is 39.7 Å². The van der Waals surface area contributed by atoms with Crippen molar-refractivity contribution in [3.63, 3.8) is 0 Å².